The van der Waals surface area contributed by atoms with Crippen LogP contribution in [0.2, 0.25) is 0 Å². The van der Waals surface area contributed by atoms with Crippen molar-refractivity contribution in [1.82, 2.24) is 15.5 Å². The number of nitrogens with one attached hydrogen (secondary N) is 2. The molecule has 0 radical (unpaired) electrons. The molecule has 5 nitrogen and oxygen atoms in total. The second kappa shape index (κ2) is 8.00. The predicted octanol–water partition coefficient (Wildman–Crippen LogP) is 1.11. The number of piperazine rings is 1. The fourth-order valence-corrected chi connectivity index (χ4v) is 2.35. The van der Waals surface area contributed by atoms with Crippen molar-refractivity contribution in [2.75, 3.05) is 39.3 Å². The van der Waals surface area contributed by atoms with Crippen LogP contribution in [0.4, 0.5) is 0 Å². The van der Waals surface area contributed by atoms with Gasteiger partial charge in [-0.2, -0.15) is 0 Å². The van der Waals surface area contributed by atoms with E-state index in [0.717, 1.165) is 38.5 Å². The van der Waals surface area contributed by atoms with Crippen LogP contribution < -0.4 is 15.4 Å². The Kier molecular flexibility index (Phi) is 6.02. The third-order valence-corrected chi connectivity index (χ3v) is 3.39. The van der Waals surface area contributed by atoms with Crippen molar-refractivity contribution < 1.29 is 9.53 Å². The SMILES string of the molecule is CC(C)Oc1cccc(C(=O)NCCN2CCNCC2)c1. The molecule has 0 saturated carbocycles. The van der Waals surface area contributed by atoms with Gasteiger partial charge in [0.15, 0.2) is 0 Å². The smallest absolute Gasteiger partial charge is 0.251 e. The molecule has 0 unspecified atom stereocenters. The minimum atomic E-state index is -0.0423. The van der Waals surface area contributed by atoms with Crippen LogP contribution >= 0.6 is 0 Å². The predicted molar refractivity (Wildman–Crippen MR) is 83.8 cm³/mol. The molecule has 1 aliphatic heterocycles. The van der Waals surface area contributed by atoms with Crippen molar-refractivity contribution in [2.24, 2.45) is 0 Å². The summed E-state index contributed by atoms with van der Waals surface area (Å²) in [5.74, 6) is 0.694. The van der Waals surface area contributed by atoms with Gasteiger partial charge in [0.2, 0.25) is 0 Å². The highest BCUT2D eigenvalue weighted by Crippen LogP contribution is 2.14. The summed E-state index contributed by atoms with van der Waals surface area (Å²) in [6.07, 6.45) is 0.107. The van der Waals surface area contributed by atoms with Gasteiger partial charge in [-0.25, -0.2) is 0 Å². The molecule has 1 aromatic rings. The minimum absolute atomic E-state index is 0.0423. The zero-order valence-electron chi connectivity index (χ0n) is 12.9. The number of nitrogens with zero attached hydrogens (tertiary/aromatic N) is 1. The van der Waals surface area contributed by atoms with Crippen LogP contribution in [-0.2, 0) is 0 Å². The molecule has 2 rings (SSSR count). The van der Waals surface area contributed by atoms with Crippen LogP contribution in [0.25, 0.3) is 0 Å². The first-order valence-corrected chi connectivity index (χ1v) is 7.63. The number of hydrogen-bond acceptors (Lipinski definition) is 4. The van der Waals surface area contributed by atoms with E-state index in [2.05, 4.69) is 15.5 Å². The molecule has 5 heteroatoms. The topological polar surface area (TPSA) is 53.6 Å². The summed E-state index contributed by atoms with van der Waals surface area (Å²) in [7, 11) is 0. The van der Waals surface area contributed by atoms with Gasteiger partial charge in [-0.15, -0.1) is 0 Å². The lowest BCUT2D eigenvalue weighted by Crippen LogP contribution is -2.46. The first-order chi connectivity index (χ1) is 10.1. The minimum Gasteiger partial charge on any atom is -0.491 e. The van der Waals surface area contributed by atoms with Gasteiger partial charge in [0, 0.05) is 44.8 Å². The first kappa shape index (κ1) is 15.8. The maximum atomic E-state index is 12.1. The maximum absolute atomic E-state index is 12.1. The van der Waals surface area contributed by atoms with Crippen molar-refractivity contribution in [3.63, 3.8) is 0 Å². The van der Waals surface area contributed by atoms with Gasteiger partial charge in [0.05, 0.1) is 6.10 Å². The number of carbonyl (C=O) groups is 1. The van der Waals surface area contributed by atoms with Gasteiger partial charge in [-0.1, -0.05) is 6.07 Å². The van der Waals surface area contributed by atoms with Gasteiger partial charge < -0.3 is 15.4 Å². The molecule has 1 amide bonds. The average Bonchev–Trinajstić information content (AvgIpc) is 2.48. The molecule has 0 atom stereocenters. The lowest BCUT2D eigenvalue weighted by atomic mass is 10.2. The average molecular weight is 291 g/mol. The van der Waals surface area contributed by atoms with E-state index in [9.17, 15) is 4.79 Å². The Balaban J connectivity index is 1.79. The van der Waals surface area contributed by atoms with Gasteiger partial charge in [-0.05, 0) is 32.0 Å². The van der Waals surface area contributed by atoms with Gasteiger partial charge in [0.1, 0.15) is 5.75 Å². The second-order valence-corrected chi connectivity index (χ2v) is 5.54. The number of carbonyl (C=O) groups excluding carboxylic acids is 1. The summed E-state index contributed by atoms with van der Waals surface area (Å²) in [4.78, 5) is 14.5. The number of rotatable bonds is 6. The molecule has 0 bridgehead atoms. The van der Waals surface area contributed by atoms with E-state index in [1.54, 1.807) is 6.07 Å². The Labute approximate surface area is 126 Å². The van der Waals surface area contributed by atoms with Crippen LogP contribution in [0, 0.1) is 0 Å². The third-order valence-electron chi connectivity index (χ3n) is 3.39. The third kappa shape index (κ3) is 5.36. The van der Waals surface area contributed by atoms with Crippen LogP contribution in [-0.4, -0.2) is 56.2 Å². The Morgan fingerprint density at radius 3 is 2.86 bits per heavy atom. The molecule has 0 aliphatic carbocycles. The van der Waals surface area contributed by atoms with Crippen LogP contribution in [0.15, 0.2) is 24.3 Å². The molecule has 1 aromatic carbocycles. The van der Waals surface area contributed by atoms with Gasteiger partial charge in [0.25, 0.3) is 5.91 Å². The second-order valence-electron chi connectivity index (χ2n) is 5.54. The van der Waals surface area contributed by atoms with E-state index in [1.807, 2.05) is 32.0 Å². The highest BCUT2D eigenvalue weighted by atomic mass is 16.5. The maximum Gasteiger partial charge on any atom is 0.251 e. The van der Waals surface area contributed by atoms with E-state index >= 15 is 0 Å². The standard InChI is InChI=1S/C16H25N3O2/c1-13(2)21-15-5-3-4-14(12-15)16(20)18-8-11-19-9-6-17-7-10-19/h3-5,12-13,17H,6-11H2,1-2H3,(H,18,20). The Morgan fingerprint density at radius 2 is 2.14 bits per heavy atom. The zero-order chi connectivity index (χ0) is 15.1. The largest absolute Gasteiger partial charge is 0.491 e. The van der Waals surface area contributed by atoms with Crippen molar-refractivity contribution in [3.8, 4) is 5.75 Å². The summed E-state index contributed by atoms with van der Waals surface area (Å²) in [6, 6.07) is 7.33. The van der Waals surface area contributed by atoms with Crippen molar-refractivity contribution in [1.29, 1.82) is 0 Å². The van der Waals surface area contributed by atoms with E-state index < -0.39 is 0 Å². The summed E-state index contributed by atoms with van der Waals surface area (Å²) in [5.41, 5.74) is 0.647. The van der Waals surface area contributed by atoms with Crippen molar-refractivity contribution in [3.05, 3.63) is 29.8 Å². The molecule has 1 fully saturated rings. The molecule has 0 spiro atoms. The van der Waals surface area contributed by atoms with Crippen LogP contribution in [0.3, 0.4) is 0 Å². The number of amides is 1. The highest BCUT2D eigenvalue weighted by Gasteiger charge is 2.10. The van der Waals surface area contributed by atoms with Gasteiger partial charge in [-0.3, -0.25) is 9.69 Å². The molecule has 1 aliphatic rings. The normalized spacial score (nSPS) is 16.0. The lowest BCUT2D eigenvalue weighted by molar-refractivity contribution is 0.0946. The molecular formula is C16H25N3O2. The molecule has 2 N–H and O–H groups in total. The fourth-order valence-electron chi connectivity index (χ4n) is 2.35. The Bertz CT molecular complexity index is 457. The molecule has 21 heavy (non-hydrogen) atoms. The van der Waals surface area contributed by atoms with Crippen LogP contribution in [0.5, 0.6) is 5.75 Å². The molecular weight excluding hydrogens is 266 g/mol. The van der Waals surface area contributed by atoms with E-state index in [0.29, 0.717) is 12.1 Å². The van der Waals surface area contributed by atoms with Crippen LogP contribution in [0.1, 0.15) is 24.2 Å². The zero-order valence-corrected chi connectivity index (χ0v) is 12.9. The fraction of sp³-hybridized carbons (Fsp3) is 0.562. The first-order valence-electron chi connectivity index (χ1n) is 7.63. The highest BCUT2D eigenvalue weighted by molar-refractivity contribution is 5.94. The Morgan fingerprint density at radius 1 is 1.38 bits per heavy atom. The molecule has 1 saturated heterocycles. The Hall–Kier alpha value is -1.59. The summed E-state index contributed by atoms with van der Waals surface area (Å²) in [6.45, 7) is 9.68. The quantitative estimate of drug-likeness (QED) is 0.824. The molecule has 1 heterocycles. The van der Waals surface area contributed by atoms with E-state index in [-0.39, 0.29) is 12.0 Å². The summed E-state index contributed by atoms with van der Waals surface area (Å²) in [5, 5.41) is 6.29. The van der Waals surface area contributed by atoms with Crippen molar-refractivity contribution in [2.45, 2.75) is 20.0 Å². The summed E-state index contributed by atoms with van der Waals surface area (Å²) < 4.78 is 5.61. The number of ether oxygens (including phenoxy) is 1. The van der Waals surface area contributed by atoms with Gasteiger partial charge >= 0.3 is 0 Å². The number of benzene rings is 1. The monoisotopic (exact) mass is 291 g/mol. The van der Waals surface area contributed by atoms with E-state index in [1.165, 1.54) is 0 Å². The summed E-state index contributed by atoms with van der Waals surface area (Å²) >= 11 is 0. The number of hydrogen-bond donors (Lipinski definition) is 2. The molecule has 0 aromatic heterocycles. The van der Waals surface area contributed by atoms with Crippen molar-refractivity contribution >= 4 is 5.91 Å². The van der Waals surface area contributed by atoms with E-state index in [4.69, 9.17) is 4.74 Å². The lowest BCUT2D eigenvalue weighted by Gasteiger charge is -2.27. The molecule has 116 valence electrons.